The molecule has 13 heteroatoms. The number of nitrogens with zero attached hydrogens (tertiary/aromatic N) is 4. The molecule has 4 heterocycles. The van der Waals surface area contributed by atoms with E-state index in [0.717, 1.165) is 15.4 Å². The molecule has 3 amide bonds. The molecule has 2 aromatic heterocycles. The van der Waals surface area contributed by atoms with Crippen LogP contribution in [0.3, 0.4) is 0 Å². The molecule has 2 aliphatic rings. The summed E-state index contributed by atoms with van der Waals surface area (Å²) in [6, 6.07) is 0.448. The first-order valence-electron chi connectivity index (χ1n) is 10.3. The molecule has 8 nitrogen and oxygen atoms in total. The van der Waals surface area contributed by atoms with Crippen LogP contribution in [0.25, 0.3) is 5.65 Å². The molecule has 180 valence electrons. The van der Waals surface area contributed by atoms with Gasteiger partial charge in [0.1, 0.15) is 5.15 Å². The number of piperidine rings is 1. The highest BCUT2D eigenvalue weighted by Gasteiger charge is 2.43. The molecule has 0 spiro atoms. The number of carbonyl (C=O) groups is 3. The first-order chi connectivity index (χ1) is 15.5. The van der Waals surface area contributed by atoms with E-state index in [-0.39, 0.29) is 28.4 Å². The molecule has 0 bridgehead atoms. The molecule has 0 saturated carbocycles. The Balaban J connectivity index is 0.00000149. The zero-order valence-corrected chi connectivity index (χ0v) is 20.3. The second-order valence-electron chi connectivity index (χ2n) is 7.27. The Labute approximate surface area is 200 Å². The van der Waals surface area contributed by atoms with Gasteiger partial charge < -0.3 is 9.64 Å². The summed E-state index contributed by atoms with van der Waals surface area (Å²) in [5, 5.41) is -0.235. The van der Waals surface area contributed by atoms with Crippen LogP contribution in [0.1, 0.15) is 49.7 Å². The summed E-state index contributed by atoms with van der Waals surface area (Å²) >= 11 is 9.22. The number of ether oxygens (including phenoxy) is 1. The number of carbonyl (C=O) groups excluding carboxylic acids is 3. The molecule has 4 rings (SSSR count). The highest BCUT2D eigenvalue weighted by Crippen LogP contribution is 2.36. The standard InChI is InChI=1S/C18H15BrClF3N4O4.C2H6/c1-8-15(28)27(17(30)31-8)10-2-4-25(5-3-10)16(29)12-13(20)26-7-9(19)6-11(14(26)24-12)18(21,22)23;1-2/h6-8,10H,2-5H2,1H3;1-2H3. The summed E-state index contributed by atoms with van der Waals surface area (Å²) < 4.78 is 46.2. The number of likely N-dealkylation sites (tertiary alicyclic amines) is 1. The third kappa shape index (κ3) is 4.68. The smallest absolute Gasteiger partial charge is 0.420 e. The lowest BCUT2D eigenvalue weighted by Crippen LogP contribution is -2.49. The Morgan fingerprint density at radius 1 is 1.24 bits per heavy atom. The van der Waals surface area contributed by atoms with Gasteiger partial charge in [-0.25, -0.2) is 14.7 Å². The molecule has 0 N–H and O–H groups in total. The van der Waals surface area contributed by atoms with Crippen LogP contribution >= 0.6 is 27.5 Å². The lowest BCUT2D eigenvalue weighted by atomic mass is 10.0. The minimum Gasteiger partial charge on any atom is -0.436 e. The van der Waals surface area contributed by atoms with Gasteiger partial charge in [0.05, 0.1) is 5.56 Å². The zero-order chi connectivity index (χ0) is 24.7. The molecule has 2 fully saturated rings. The maximum Gasteiger partial charge on any atom is 0.420 e. The summed E-state index contributed by atoms with van der Waals surface area (Å²) in [4.78, 5) is 43.3. The van der Waals surface area contributed by atoms with Crippen molar-refractivity contribution in [3.63, 3.8) is 0 Å². The van der Waals surface area contributed by atoms with Crippen LogP contribution in [0.4, 0.5) is 18.0 Å². The number of halogens is 5. The molecule has 1 atom stereocenters. The molecule has 2 aliphatic heterocycles. The van der Waals surface area contributed by atoms with Gasteiger partial charge in [-0.15, -0.1) is 0 Å². The van der Waals surface area contributed by atoms with Crippen LogP contribution in [-0.2, 0) is 15.7 Å². The van der Waals surface area contributed by atoms with Crippen LogP contribution in [0, 0.1) is 0 Å². The summed E-state index contributed by atoms with van der Waals surface area (Å²) in [6.45, 7) is 5.84. The van der Waals surface area contributed by atoms with E-state index in [1.807, 2.05) is 13.8 Å². The van der Waals surface area contributed by atoms with E-state index in [4.69, 9.17) is 16.3 Å². The van der Waals surface area contributed by atoms with Gasteiger partial charge in [0.25, 0.3) is 11.8 Å². The predicted molar refractivity (Wildman–Crippen MR) is 116 cm³/mol. The summed E-state index contributed by atoms with van der Waals surface area (Å²) in [5.74, 6) is -1.05. The second kappa shape index (κ2) is 9.49. The summed E-state index contributed by atoms with van der Waals surface area (Å²) in [5.41, 5.74) is -1.80. The monoisotopic (exact) mass is 552 g/mol. The van der Waals surface area contributed by atoms with Crippen molar-refractivity contribution in [1.82, 2.24) is 19.2 Å². The van der Waals surface area contributed by atoms with Crippen molar-refractivity contribution in [1.29, 1.82) is 0 Å². The Kier molecular flexibility index (Phi) is 7.27. The van der Waals surface area contributed by atoms with Crippen LogP contribution in [0.5, 0.6) is 0 Å². The fourth-order valence-electron chi connectivity index (χ4n) is 3.78. The average molecular weight is 554 g/mol. The van der Waals surface area contributed by atoms with Crippen molar-refractivity contribution < 1.29 is 32.3 Å². The van der Waals surface area contributed by atoms with Gasteiger partial charge in [-0.1, -0.05) is 25.4 Å². The van der Waals surface area contributed by atoms with Gasteiger partial charge in [0.15, 0.2) is 17.4 Å². The fraction of sp³-hybridized carbons (Fsp3) is 0.500. The number of pyridine rings is 1. The van der Waals surface area contributed by atoms with Crippen molar-refractivity contribution in [2.45, 2.75) is 51.9 Å². The van der Waals surface area contributed by atoms with E-state index >= 15 is 0 Å². The average Bonchev–Trinajstić information content (AvgIpc) is 3.23. The summed E-state index contributed by atoms with van der Waals surface area (Å²) in [7, 11) is 0. The van der Waals surface area contributed by atoms with Crippen LogP contribution in [0.15, 0.2) is 16.7 Å². The number of amides is 3. The third-order valence-electron chi connectivity index (χ3n) is 5.31. The van der Waals surface area contributed by atoms with Crippen molar-refractivity contribution in [3.8, 4) is 0 Å². The van der Waals surface area contributed by atoms with Gasteiger partial charge in [0, 0.05) is 29.8 Å². The van der Waals surface area contributed by atoms with Crippen LogP contribution in [0.2, 0.25) is 5.15 Å². The van der Waals surface area contributed by atoms with Gasteiger partial charge >= 0.3 is 12.3 Å². The van der Waals surface area contributed by atoms with Crippen molar-refractivity contribution in [2.24, 2.45) is 0 Å². The number of fused-ring (bicyclic) bond motifs is 1. The SMILES string of the molecule is CC.CC1OC(=O)N(C2CCN(C(=O)c3nc4c(C(F)(F)F)cc(Br)cn4c3Cl)CC2)C1=O. The highest BCUT2D eigenvalue weighted by atomic mass is 79.9. The zero-order valence-electron chi connectivity index (χ0n) is 17.9. The molecular weight excluding hydrogens is 533 g/mol. The second-order valence-corrected chi connectivity index (χ2v) is 8.55. The van der Waals surface area contributed by atoms with E-state index in [9.17, 15) is 27.6 Å². The molecule has 0 radical (unpaired) electrons. The maximum atomic E-state index is 13.4. The lowest BCUT2D eigenvalue weighted by molar-refractivity contribution is -0.136. The molecule has 2 saturated heterocycles. The van der Waals surface area contributed by atoms with Gasteiger partial charge in [-0.05, 0) is 41.8 Å². The molecule has 0 aliphatic carbocycles. The van der Waals surface area contributed by atoms with E-state index in [0.29, 0.717) is 12.8 Å². The first-order valence-corrected chi connectivity index (χ1v) is 11.4. The van der Waals surface area contributed by atoms with E-state index in [1.165, 1.54) is 18.0 Å². The van der Waals surface area contributed by atoms with E-state index in [1.54, 1.807) is 0 Å². The number of hydrogen-bond donors (Lipinski definition) is 0. The summed E-state index contributed by atoms with van der Waals surface area (Å²) in [6.07, 6.45) is -4.32. The quantitative estimate of drug-likeness (QED) is 0.535. The van der Waals surface area contributed by atoms with Crippen LogP contribution < -0.4 is 0 Å². The number of hydrogen-bond acceptors (Lipinski definition) is 5. The number of imide groups is 1. The third-order valence-corrected chi connectivity index (χ3v) is 6.11. The van der Waals surface area contributed by atoms with Gasteiger partial charge in [-0.2, -0.15) is 13.2 Å². The Morgan fingerprint density at radius 3 is 2.36 bits per heavy atom. The van der Waals surface area contributed by atoms with Crippen molar-refractivity contribution in [3.05, 3.63) is 33.1 Å². The number of cyclic esters (lactones) is 1. The Morgan fingerprint density at radius 2 is 1.85 bits per heavy atom. The molecular formula is C20H21BrClF3N4O4. The number of rotatable bonds is 2. The topological polar surface area (TPSA) is 84.2 Å². The first kappa shape index (κ1) is 25.3. The van der Waals surface area contributed by atoms with Crippen molar-refractivity contribution >= 4 is 51.1 Å². The Hall–Kier alpha value is -2.34. The minimum absolute atomic E-state index is 0.128. The van der Waals surface area contributed by atoms with E-state index < -0.39 is 47.4 Å². The number of alkyl halides is 3. The normalized spacial score (nSPS) is 19.6. The maximum absolute atomic E-state index is 13.4. The largest absolute Gasteiger partial charge is 0.436 e. The highest BCUT2D eigenvalue weighted by molar-refractivity contribution is 9.10. The van der Waals surface area contributed by atoms with Gasteiger partial charge in [-0.3, -0.25) is 14.0 Å². The molecule has 0 aromatic carbocycles. The molecule has 2 aromatic rings. The molecule has 33 heavy (non-hydrogen) atoms. The number of imidazole rings is 1. The van der Waals surface area contributed by atoms with Crippen molar-refractivity contribution in [2.75, 3.05) is 13.1 Å². The lowest BCUT2D eigenvalue weighted by Gasteiger charge is -2.34. The minimum atomic E-state index is -4.69. The van der Waals surface area contributed by atoms with Gasteiger partial charge in [0.2, 0.25) is 0 Å². The fourth-order valence-corrected chi connectivity index (χ4v) is 4.46. The van der Waals surface area contributed by atoms with E-state index in [2.05, 4.69) is 20.9 Å². The molecule has 1 unspecified atom stereocenters. The Bertz CT molecular complexity index is 1100. The predicted octanol–water partition coefficient (Wildman–Crippen LogP) is 4.77. The number of aromatic nitrogens is 2. The van der Waals surface area contributed by atoms with Crippen LogP contribution in [-0.4, -0.2) is 62.3 Å².